The molecule has 3 fully saturated rings. The van der Waals surface area contributed by atoms with Crippen LogP contribution < -0.4 is 28.8 Å². The van der Waals surface area contributed by atoms with Crippen molar-refractivity contribution in [2.45, 2.75) is 53.6 Å². The minimum Gasteiger partial charge on any atom is -0.481 e. The van der Waals surface area contributed by atoms with Gasteiger partial charge in [0.05, 0.1) is 24.7 Å². The van der Waals surface area contributed by atoms with Gasteiger partial charge in [-0.15, -0.1) is 0 Å². The van der Waals surface area contributed by atoms with Gasteiger partial charge in [-0.25, -0.2) is 19.8 Å². The SMILES string of the molecule is Cc1ccc(N2C(=O)CC(SSC3CC(=O)OC3=O)C2=O)nc1.II.I[I-]I.Nc1ccc(N2C(=O)CC(SSC(CC(=O)O)C(=O)O)C2=O)nc1. The van der Waals surface area contributed by atoms with E-state index in [-0.39, 0.29) is 36.9 Å². The van der Waals surface area contributed by atoms with Crippen LogP contribution in [0.4, 0.5) is 17.3 Å². The Labute approximate surface area is 365 Å². The number of cyclic esters (lactones) is 2. The molecule has 16 nitrogen and oxygen atoms in total. The fraction of sp³-hybridized carbons (Fsp3) is 0.333. The summed E-state index contributed by atoms with van der Waals surface area (Å²) < 4.78 is 4.45. The summed E-state index contributed by atoms with van der Waals surface area (Å²) in [6, 6.07) is 6.35. The van der Waals surface area contributed by atoms with Crippen molar-refractivity contribution in [2.24, 2.45) is 0 Å². The number of nitrogens with zero attached hydrogens (tertiary/aromatic N) is 4. The molecule has 3 aliphatic heterocycles. The van der Waals surface area contributed by atoms with Gasteiger partial charge in [-0.3, -0.25) is 38.4 Å². The molecule has 4 unspecified atom stereocenters. The van der Waals surface area contributed by atoms with E-state index in [2.05, 4.69) is 89.2 Å². The zero-order chi connectivity index (χ0) is 39.1. The molecule has 52 heavy (non-hydrogen) atoms. The number of carbonyl (C=O) groups is 8. The van der Waals surface area contributed by atoms with Crippen LogP contribution in [0.25, 0.3) is 0 Å². The molecule has 3 aliphatic rings. The van der Waals surface area contributed by atoms with Crippen LogP contribution in [-0.2, 0) is 43.1 Å². The summed E-state index contributed by atoms with van der Waals surface area (Å²) >= 11 is 9.54. The number of imide groups is 2. The third-order valence-electron chi connectivity index (χ3n) is 6.38. The molecule has 0 saturated carbocycles. The van der Waals surface area contributed by atoms with Gasteiger partial charge < -0.3 is 20.7 Å². The average molecular weight is 1360 g/mol. The zero-order valence-electron chi connectivity index (χ0n) is 26.1. The molecule has 5 heterocycles. The van der Waals surface area contributed by atoms with E-state index in [9.17, 15) is 38.4 Å². The van der Waals surface area contributed by atoms with Crippen LogP contribution in [0.2, 0.25) is 0 Å². The van der Waals surface area contributed by atoms with Crippen molar-refractivity contribution >= 4 is 182 Å². The Balaban J connectivity index is 0.000000321. The molecule has 2 aromatic heterocycles. The summed E-state index contributed by atoms with van der Waals surface area (Å²) in [5.41, 5.74) is 6.82. The molecular weight excluding hydrogens is 1330 g/mol. The first-order chi connectivity index (χ1) is 24.7. The van der Waals surface area contributed by atoms with Gasteiger partial charge in [-0.05, 0) is 30.7 Å². The van der Waals surface area contributed by atoms with E-state index in [0.29, 0.717) is 24.8 Å². The topological polar surface area (TPSA) is 245 Å². The maximum Gasteiger partial charge on any atom is 0.318 e. The molecular formula is C27H25I5N5O11S4-. The van der Waals surface area contributed by atoms with E-state index < -0.39 is 63.1 Å². The van der Waals surface area contributed by atoms with E-state index in [1.54, 1.807) is 18.3 Å². The van der Waals surface area contributed by atoms with Gasteiger partial charge in [-0.1, -0.05) is 49.2 Å². The summed E-state index contributed by atoms with van der Waals surface area (Å²) in [7, 11) is 3.86. The summed E-state index contributed by atoms with van der Waals surface area (Å²) in [4.78, 5) is 103. The molecule has 3 saturated heterocycles. The normalized spacial score (nSPS) is 20.0. The van der Waals surface area contributed by atoms with Crippen LogP contribution in [0, 0.1) is 6.92 Å². The van der Waals surface area contributed by atoms with Gasteiger partial charge in [0.2, 0.25) is 23.6 Å². The Kier molecular flexibility index (Phi) is 22.2. The Morgan fingerprint density at radius 2 is 1.37 bits per heavy atom. The maximum atomic E-state index is 12.4. The first kappa shape index (κ1) is 47.7. The summed E-state index contributed by atoms with van der Waals surface area (Å²) in [5.74, 6) is -4.91. The number of aliphatic carboxylic acids is 2. The second kappa shape index (κ2) is 24.2. The van der Waals surface area contributed by atoms with Crippen molar-refractivity contribution < 1.29 is 66.6 Å². The van der Waals surface area contributed by atoms with E-state index >= 15 is 0 Å². The molecule has 0 aliphatic carbocycles. The Morgan fingerprint density at radius 1 is 0.865 bits per heavy atom. The molecule has 284 valence electrons. The van der Waals surface area contributed by atoms with Crippen LogP contribution in [0.15, 0.2) is 36.7 Å². The summed E-state index contributed by atoms with van der Waals surface area (Å²) in [6.45, 7) is 1.86. The van der Waals surface area contributed by atoms with Gasteiger partial charge >= 0.3 is 74.4 Å². The Morgan fingerprint density at radius 3 is 1.79 bits per heavy atom. The first-order valence-corrected chi connectivity index (χ1v) is 37.3. The molecule has 4 amide bonds. The van der Waals surface area contributed by atoms with Crippen molar-refractivity contribution in [2.75, 3.05) is 15.5 Å². The molecule has 0 spiro atoms. The zero-order valence-corrected chi connectivity index (χ0v) is 40.1. The molecule has 2 aromatic rings. The van der Waals surface area contributed by atoms with E-state index in [4.69, 9.17) is 15.9 Å². The van der Waals surface area contributed by atoms with Gasteiger partial charge in [-0.2, -0.15) is 0 Å². The van der Waals surface area contributed by atoms with E-state index in [1.807, 2.05) is 6.92 Å². The van der Waals surface area contributed by atoms with Crippen LogP contribution in [0.3, 0.4) is 0 Å². The average Bonchev–Trinajstić information content (AvgIpc) is 3.68. The predicted molar refractivity (Wildman–Crippen MR) is 229 cm³/mol. The molecule has 25 heteroatoms. The van der Waals surface area contributed by atoms with Crippen LogP contribution in [0.5, 0.6) is 0 Å². The number of nitrogens with two attached hydrogens (primary N) is 1. The van der Waals surface area contributed by atoms with E-state index in [0.717, 1.165) is 58.5 Å². The maximum absolute atomic E-state index is 12.4. The van der Waals surface area contributed by atoms with Crippen LogP contribution >= 0.6 is 118 Å². The summed E-state index contributed by atoms with van der Waals surface area (Å²) in [5, 5.41) is 14.5. The number of amides is 4. The minimum atomic E-state index is -1.29. The van der Waals surface area contributed by atoms with Crippen molar-refractivity contribution in [3.8, 4) is 0 Å². The number of hydrogen-bond acceptors (Lipinski definition) is 16. The smallest absolute Gasteiger partial charge is 0.318 e. The van der Waals surface area contributed by atoms with Gasteiger partial charge in [0.1, 0.15) is 32.6 Å². The fourth-order valence-electron chi connectivity index (χ4n) is 4.08. The standard InChI is InChI=1S/C14H12N2O5S2.C13H13N3O6S2.I3.I2/c1-7-2-3-10(15-6-7)16-11(17)4-8(13(16)19)22-23-9-5-12(18)21-14(9)20;14-6-1-2-9(15-5-6)16-10(17)3-7(12(16)20)23-24-8(13(21)22)4-11(18)19;1-3-2;1-2/h2-3,6,8-9H,4-5H2,1H3;1-2,5,7-8H,3-4,14H2,(H,18,19)(H,21,22);;/q;;-1;. The number of halogens is 5. The predicted octanol–water partition coefficient (Wildman–Crippen LogP) is 2.40. The Hall–Kier alpha value is -0.490. The monoisotopic (exact) mass is 1360 g/mol. The number of carbonyl (C=O) groups excluding carboxylic acids is 6. The fourth-order valence-corrected chi connectivity index (χ4v) is 9.44. The number of carboxylic acids is 2. The van der Waals surface area contributed by atoms with Crippen molar-refractivity contribution in [1.29, 1.82) is 0 Å². The number of nitrogen functional groups attached to an aromatic ring is 1. The number of aromatic nitrogens is 2. The Bertz CT molecular complexity index is 1650. The molecule has 4 N–H and O–H groups in total. The summed E-state index contributed by atoms with van der Waals surface area (Å²) in [6.07, 6.45) is 2.26. The first-order valence-electron chi connectivity index (χ1n) is 13.9. The number of carboxylic acid groups (broad SMARTS) is 2. The third-order valence-corrected chi connectivity index (χ3v) is 12.4. The van der Waals surface area contributed by atoms with Gasteiger partial charge in [0, 0.05) is 56.3 Å². The van der Waals surface area contributed by atoms with Crippen LogP contribution in [-0.4, -0.2) is 88.7 Å². The second-order valence-electron chi connectivity index (χ2n) is 10.0. The number of pyridine rings is 2. The van der Waals surface area contributed by atoms with Gasteiger partial charge in [0.25, 0.3) is 0 Å². The number of esters is 2. The molecule has 4 atom stereocenters. The number of aryl methyl sites for hydroxylation is 1. The second-order valence-corrected chi connectivity index (χ2v) is 31.6. The third kappa shape index (κ3) is 14.5. The molecule has 0 aromatic carbocycles. The minimum absolute atomic E-state index is 0.00537. The van der Waals surface area contributed by atoms with Crippen molar-refractivity contribution in [3.05, 3.63) is 42.2 Å². The quantitative estimate of drug-likeness (QED) is 0.0962. The number of anilines is 3. The van der Waals surface area contributed by atoms with Crippen LogP contribution in [0.1, 0.15) is 31.2 Å². The number of rotatable bonds is 11. The van der Waals surface area contributed by atoms with Gasteiger partial charge in [0.15, 0.2) is 0 Å². The largest absolute Gasteiger partial charge is 0.481 e. The van der Waals surface area contributed by atoms with Crippen molar-refractivity contribution in [1.82, 2.24) is 9.97 Å². The number of hydrogen-bond donors (Lipinski definition) is 3. The van der Waals surface area contributed by atoms with E-state index in [1.165, 1.54) is 18.3 Å². The molecule has 0 radical (unpaired) electrons. The number of ether oxygens (including phenoxy) is 1. The van der Waals surface area contributed by atoms with Crippen molar-refractivity contribution in [3.63, 3.8) is 0 Å². The molecule has 5 rings (SSSR count). The molecule has 0 bridgehead atoms.